The number of carbonyl (C=O) groups is 2. The third kappa shape index (κ3) is 3.93. The molecule has 2 aromatic carbocycles. The molecule has 3 heterocycles. The quantitative estimate of drug-likeness (QED) is 0.489. The van der Waals surface area contributed by atoms with Crippen LogP contribution in [0.5, 0.6) is 5.88 Å². The number of ether oxygens (including phenoxy) is 3. The summed E-state index contributed by atoms with van der Waals surface area (Å²) < 4.78 is 16.8. The van der Waals surface area contributed by atoms with Gasteiger partial charge in [-0.1, -0.05) is 48.5 Å². The summed E-state index contributed by atoms with van der Waals surface area (Å²) in [6.45, 7) is 1.10. The maximum absolute atomic E-state index is 13.3. The Morgan fingerprint density at radius 2 is 1.58 bits per heavy atom. The minimum Gasteiger partial charge on any atom is -0.481 e. The molecule has 2 atom stereocenters. The molecule has 7 nitrogen and oxygen atoms in total. The molecule has 0 radical (unpaired) electrons. The van der Waals surface area contributed by atoms with Crippen LogP contribution in [-0.4, -0.2) is 60.8 Å². The van der Waals surface area contributed by atoms with Crippen LogP contribution in [0, 0.1) is 5.92 Å². The predicted octanol–water partition coefficient (Wildman–Crippen LogP) is 4.70. The Morgan fingerprint density at radius 1 is 0.944 bits per heavy atom. The highest BCUT2D eigenvalue weighted by Crippen LogP contribution is 2.44. The molecule has 0 N–H and O–H groups in total. The number of hydrogen-bond acceptors (Lipinski definition) is 6. The lowest BCUT2D eigenvalue weighted by atomic mass is 9.81. The molecule has 2 saturated heterocycles. The van der Waals surface area contributed by atoms with E-state index in [1.54, 1.807) is 25.4 Å². The number of carbonyl (C=O) groups excluding carboxylic acids is 2. The van der Waals surface area contributed by atoms with Gasteiger partial charge in [0.05, 0.1) is 32.4 Å². The second-order valence-corrected chi connectivity index (χ2v) is 9.68. The van der Waals surface area contributed by atoms with Crippen LogP contribution in [0.4, 0.5) is 4.79 Å². The largest absolute Gasteiger partial charge is 0.481 e. The zero-order valence-electron chi connectivity index (χ0n) is 20.1. The second-order valence-electron chi connectivity index (χ2n) is 9.68. The van der Waals surface area contributed by atoms with E-state index in [1.165, 1.54) is 22.3 Å². The van der Waals surface area contributed by atoms with E-state index in [0.29, 0.717) is 37.5 Å². The lowest BCUT2D eigenvalue weighted by Crippen LogP contribution is -2.60. The van der Waals surface area contributed by atoms with Crippen LogP contribution in [0.15, 0.2) is 66.9 Å². The lowest BCUT2D eigenvalue weighted by molar-refractivity contribution is -0.0747. The zero-order chi connectivity index (χ0) is 24.6. The van der Waals surface area contributed by atoms with Gasteiger partial charge in [0, 0.05) is 29.7 Å². The minimum atomic E-state index is -0.327. The Labute approximate surface area is 210 Å². The number of morpholine rings is 1. The summed E-state index contributed by atoms with van der Waals surface area (Å²) in [5.74, 6) is 0.354. The highest BCUT2D eigenvalue weighted by Gasteiger charge is 2.45. The number of Topliss-reactive ketones (excluding diaryl/α,β-unsaturated/α-hetero) is 1. The van der Waals surface area contributed by atoms with Gasteiger partial charge in [-0.2, -0.15) is 0 Å². The Morgan fingerprint density at radius 3 is 2.17 bits per heavy atom. The van der Waals surface area contributed by atoms with Crippen molar-refractivity contribution in [2.24, 2.45) is 5.92 Å². The van der Waals surface area contributed by atoms with Crippen molar-refractivity contribution < 1.29 is 23.8 Å². The summed E-state index contributed by atoms with van der Waals surface area (Å²) in [6.07, 6.45) is 2.33. The van der Waals surface area contributed by atoms with Gasteiger partial charge in [-0.3, -0.25) is 9.69 Å². The van der Waals surface area contributed by atoms with Crippen molar-refractivity contribution in [2.75, 3.05) is 26.9 Å². The number of fused-ring (bicyclic) bond motifs is 5. The monoisotopic (exact) mass is 484 g/mol. The number of benzene rings is 2. The standard InChI is InChI=1S/C29H28N2O5/c1-34-27-11-10-18(14-30-27)28(32)19-12-20-15-35-16-21(13-19)31(20)29(33)36-17-26-24-8-4-2-6-22(24)23-7-3-5-9-25(23)26/h2-11,14,19-21,26H,12-13,15-17H2,1H3. The van der Waals surface area contributed by atoms with E-state index in [-0.39, 0.29) is 42.4 Å². The molecule has 1 amide bonds. The summed E-state index contributed by atoms with van der Waals surface area (Å²) in [7, 11) is 1.55. The van der Waals surface area contributed by atoms with Crippen molar-refractivity contribution in [2.45, 2.75) is 30.8 Å². The van der Waals surface area contributed by atoms with Gasteiger partial charge < -0.3 is 14.2 Å². The first-order valence-corrected chi connectivity index (χ1v) is 12.4. The minimum absolute atomic E-state index is 0.0131. The molecule has 3 aromatic rings. The Bertz CT molecular complexity index is 1230. The molecule has 3 aliphatic rings. The summed E-state index contributed by atoms with van der Waals surface area (Å²) in [5.41, 5.74) is 5.34. The van der Waals surface area contributed by atoms with Gasteiger partial charge in [-0.05, 0) is 41.2 Å². The first-order valence-electron chi connectivity index (χ1n) is 12.4. The molecular weight excluding hydrogens is 456 g/mol. The normalized spacial score (nSPS) is 22.5. The fourth-order valence-corrected chi connectivity index (χ4v) is 5.98. The number of rotatable bonds is 5. The Kier molecular flexibility index (Phi) is 5.93. The third-order valence-corrected chi connectivity index (χ3v) is 7.67. The van der Waals surface area contributed by atoms with Crippen LogP contribution in [0.2, 0.25) is 0 Å². The van der Waals surface area contributed by atoms with Crippen LogP contribution in [0.1, 0.15) is 40.2 Å². The summed E-state index contributed by atoms with van der Waals surface area (Å²) in [5, 5.41) is 0. The number of aromatic nitrogens is 1. The van der Waals surface area contributed by atoms with Crippen LogP contribution < -0.4 is 4.74 Å². The van der Waals surface area contributed by atoms with Crippen molar-refractivity contribution in [3.63, 3.8) is 0 Å². The fourth-order valence-electron chi connectivity index (χ4n) is 5.98. The highest BCUT2D eigenvalue weighted by atomic mass is 16.6. The van der Waals surface area contributed by atoms with Crippen LogP contribution >= 0.6 is 0 Å². The number of pyridine rings is 1. The van der Waals surface area contributed by atoms with E-state index in [9.17, 15) is 9.59 Å². The Hall–Kier alpha value is -3.71. The number of amides is 1. The van der Waals surface area contributed by atoms with Gasteiger partial charge in [-0.25, -0.2) is 9.78 Å². The van der Waals surface area contributed by atoms with Gasteiger partial charge in [0.15, 0.2) is 5.78 Å². The smallest absolute Gasteiger partial charge is 0.410 e. The number of hydrogen-bond donors (Lipinski definition) is 0. The molecule has 7 heteroatoms. The Balaban J connectivity index is 1.15. The van der Waals surface area contributed by atoms with E-state index in [2.05, 4.69) is 29.2 Å². The van der Waals surface area contributed by atoms with E-state index < -0.39 is 0 Å². The number of nitrogens with zero attached hydrogens (tertiary/aromatic N) is 2. The van der Waals surface area contributed by atoms with Crippen LogP contribution in [0.3, 0.4) is 0 Å². The molecule has 2 fully saturated rings. The molecule has 0 spiro atoms. The molecule has 2 unspecified atom stereocenters. The number of methoxy groups -OCH3 is 1. The maximum Gasteiger partial charge on any atom is 0.410 e. The molecule has 2 aliphatic heterocycles. The molecule has 0 saturated carbocycles. The van der Waals surface area contributed by atoms with Gasteiger partial charge in [0.1, 0.15) is 6.61 Å². The predicted molar refractivity (Wildman–Crippen MR) is 133 cm³/mol. The van der Waals surface area contributed by atoms with Crippen molar-refractivity contribution >= 4 is 11.9 Å². The first-order chi connectivity index (χ1) is 17.6. The molecule has 1 aromatic heterocycles. The maximum atomic E-state index is 13.3. The van der Waals surface area contributed by atoms with Crippen molar-refractivity contribution in [3.05, 3.63) is 83.6 Å². The average Bonchev–Trinajstić information content (AvgIpc) is 3.24. The van der Waals surface area contributed by atoms with Crippen molar-refractivity contribution in [1.29, 1.82) is 0 Å². The molecule has 2 bridgehead atoms. The number of ketones is 1. The van der Waals surface area contributed by atoms with Crippen molar-refractivity contribution in [3.8, 4) is 17.0 Å². The second kappa shape index (κ2) is 9.39. The van der Waals surface area contributed by atoms with Gasteiger partial charge >= 0.3 is 6.09 Å². The first kappa shape index (κ1) is 22.7. The fraction of sp³-hybridized carbons (Fsp3) is 0.345. The highest BCUT2D eigenvalue weighted by molar-refractivity contribution is 5.97. The molecule has 184 valence electrons. The summed E-state index contributed by atoms with van der Waals surface area (Å²) in [6, 6.07) is 19.7. The van der Waals surface area contributed by atoms with E-state index in [4.69, 9.17) is 14.2 Å². The van der Waals surface area contributed by atoms with Crippen LogP contribution in [-0.2, 0) is 9.47 Å². The molecule has 6 rings (SSSR count). The summed E-state index contributed by atoms with van der Waals surface area (Å²) >= 11 is 0. The molecule has 1 aliphatic carbocycles. The van der Waals surface area contributed by atoms with Gasteiger partial charge in [0.25, 0.3) is 0 Å². The number of piperidine rings is 1. The lowest BCUT2D eigenvalue weighted by Gasteiger charge is -2.47. The topological polar surface area (TPSA) is 78.0 Å². The average molecular weight is 485 g/mol. The SMILES string of the molecule is COc1ccc(C(=O)C2CC3COCC(C2)N3C(=O)OCC2c3ccccc3-c3ccccc32)cn1. The third-order valence-electron chi connectivity index (χ3n) is 7.67. The molecule has 36 heavy (non-hydrogen) atoms. The van der Waals surface area contributed by atoms with E-state index in [1.807, 2.05) is 29.2 Å². The van der Waals surface area contributed by atoms with Gasteiger partial charge in [0.2, 0.25) is 5.88 Å². The van der Waals surface area contributed by atoms with E-state index in [0.717, 1.165) is 0 Å². The van der Waals surface area contributed by atoms with Crippen LogP contribution in [0.25, 0.3) is 11.1 Å². The van der Waals surface area contributed by atoms with E-state index >= 15 is 0 Å². The van der Waals surface area contributed by atoms with Crippen molar-refractivity contribution in [1.82, 2.24) is 9.88 Å². The summed E-state index contributed by atoms with van der Waals surface area (Å²) in [4.78, 5) is 32.5. The zero-order valence-corrected chi connectivity index (χ0v) is 20.1. The molecular formula is C29H28N2O5. The van der Waals surface area contributed by atoms with Gasteiger partial charge in [-0.15, -0.1) is 0 Å².